The third-order valence-corrected chi connectivity index (χ3v) is 3.84. The average Bonchev–Trinajstić information content (AvgIpc) is 2.97. The monoisotopic (exact) mass is 345 g/mol. The van der Waals surface area contributed by atoms with Crippen LogP contribution < -0.4 is 0 Å². The molecule has 0 spiro atoms. The molecule has 0 N–H and O–H groups in total. The third kappa shape index (κ3) is 3.03. The zero-order valence-corrected chi connectivity index (χ0v) is 13.0. The van der Waals surface area contributed by atoms with Crippen molar-refractivity contribution in [3.8, 4) is 11.1 Å². The summed E-state index contributed by atoms with van der Waals surface area (Å²) >= 11 is 3.36. The van der Waals surface area contributed by atoms with Gasteiger partial charge >= 0.3 is 0 Å². The molecule has 5 heteroatoms. The lowest BCUT2D eigenvalue weighted by Gasteiger charge is -2.12. The second-order valence-corrected chi connectivity index (χ2v) is 5.62. The zero-order valence-electron chi connectivity index (χ0n) is 11.4. The van der Waals surface area contributed by atoms with Gasteiger partial charge in [-0.05, 0) is 58.2 Å². The van der Waals surface area contributed by atoms with Gasteiger partial charge in [0.05, 0.1) is 12.2 Å². The number of benzene rings is 1. The first kappa shape index (κ1) is 13.9. The van der Waals surface area contributed by atoms with Crippen molar-refractivity contribution in [1.82, 2.24) is 14.8 Å². The molecule has 0 radical (unpaired) electrons. The molecule has 2 heterocycles. The summed E-state index contributed by atoms with van der Waals surface area (Å²) in [6, 6.07) is 10.4. The molecule has 0 amide bonds. The number of nitrogens with zero attached hydrogens (tertiary/aromatic N) is 3. The van der Waals surface area contributed by atoms with Crippen LogP contribution in [0.3, 0.4) is 0 Å². The predicted molar refractivity (Wildman–Crippen MR) is 83.4 cm³/mol. The maximum absolute atomic E-state index is 13.0. The number of aromatic nitrogens is 3. The highest BCUT2D eigenvalue weighted by atomic mass is 79.9. The molecular weight excluding hydrogens is 333 g/mol. The molecule has 3 rings (SSSR count). The Balaban J connectivity index is 1.89. The summed E-state index contributed by atoms with van der Waals surface area (Å²) in [4.78, 5) is 4.12. The highest BCUT2D eigenvalue weighted by molar-refractivity contribution is 9.10. The van der Waals surface area contributed by atoms with Gasteiger partial charge in [-0.3, -0.25) is 4.68 Å². The van der Waals surface area contributed by atoms with Crippen molar-refractivity contribution in [3.05, 3.63) is 71.0 Å². The Bertz CT molecular complexity index is 752. The van der Waals surface area contributed by atoms with Crippen molar-refractivity contribution in [2.24, 2.45) is 0 Å². The smallest absolute Gasteiger partial charge is 0.123 e. The Kier molecular flexibility index (Phi) is 3.84. The lowest BCUT2D eigenvalue weighted by atomic mass is 10.1. The van der Waals surface area contributed by atoms with Crippen LogP contribution in [0.1, 0.15) is 18.5 Å². The van der Waals surface area contributed by atoms with E-state index in [-0.39, 0.29) is 11.9 Å². The molecule has 0 aliphatic carbocycles. The van der Waals surface area contributed by atoms with E-state index in [1.54, 1.807) is 18.3 Å². The van der Waals surface area contributed by atoms with Crippen LogP contribution in [0.5, 0.6) is 0 Å². The normalized spacial score (nSPS) is 12.3. The lowest BCUT2D eigenvalue weighted by molar-refractivity contribution is 0.561. The van der Waals surface area contributed by atoms with Gasteiger partial charge in [-0.1, -0.05) is 12.1 Å². The summed E-state index contributed by atoms with van der Waals surface area (Å²) in [6.45, 7) is 2.03. The van der Waals surface area contributed by atoms with Crippen molar-refractivity contribution in [2.45, 2.75) is 13.0 Å². The summed E-state index contributed by atoms with van der Waals surface area (Å²) in [7, 11) is 0. The maximum atomic E-state index is 13.0. The van der Waals surface area contributed by atoms with Crippen LogP contribution in [0.15, 0.2) is 59.6 Å². The topological polar surface area (TPSA) is 30.7 Å². The first-order chi connectivity index (χ1) is 10.1. The fourth-order valence-electron chi connectivity index (χ4n) is 2.17. The summed E-state index contributed by atoms with van der Waals surface area (Å²) in [5.74, 6) is -0.228. The van der Waals surface area contributed by atoms with Crippen molar-refractivity contribution in [1.29, 1.82) is 0 Å². The molecule has 0 bridgehead atoms. The highest BCUT2D eigenvalue weighted by Crippen LogP contribution is 2.24. The van der Waals surface area contributed by atoms with Crippen LogP contribution in [-0.2, 0) is 0 Å². The Hall–Kier alpha value is -2.01. The first-order valence-electron chi connectivity index (χ1n) is 6.55. The van der Waals surface area contributed by atoms with E-state index >= 15 is 0 Å². The molecule has 0 aliphatic rings. The summed E-state index contributed by atoms with van der Waals surface area (Å²) in [5.41, 5.74) is 3.09. The molecule has 3 aromatic rings. The van der Waals surface area contributed by atoms with Crippen LogP contribution >= 0.6 is 15.9 Å². The average molecular weight is 346 g/mol. The molecule has 0 fully saturated rings. The standard InChI is InChI=1S/C16H13BrFN3/c1-11(12-2-4-15(18)5-3-12)21-10-14(9-20-21)13-6-7-19-16(17)8-13/h2-11H,1H3. The summed E-state index contributed by atoms with van der Waals surface area (Å²) < 4.78 is 15.6. The van der Waals surface area contributed by atoms with Crippen molar-refractivity contribution in [2.75, 3.05) is 0 Å². The minimum atomic E-state index is -0.228. The van der Waals surface area contributed by atoms with E-state index in [1.807, 2.05) is 36.1 Å². The van der Waals surface area contributed by atoms with E-state index in [0.29, 0.717) is 0 Å². The Morgan fingerprint density at radius 1 is 1.14 bits per heavy atom. The summed E-state index contributed by atoms with van der Waals surface area (Å²) in [6.07, 6.45) is 5.55. The van der Waals surface area contributed by atoms with Gasteiger partial charge in [0, 0.05) is 18.0 Å². The molecule has 0 saturated carbocycles. The highest BCUT2D eigenvalue weighted by Gasteiger charge is 2.10. The van der Waals surface area contributed by atoms with Crippen LogP contribution in [-0.4, -0.2) is 14.8 Å². The quantitative estimate of drug-likeness (QED) is 0.656. The summed E-state index contributed by atoms with van der Waals surface area (Å²) in [5, 5.41) is 4.41. The second-order valence-electron chi connectivity index (χ2n) is 4.80. The van der Waals surface area contributed by atoms with Gasteiger partial charge in [0.2, 0.25) is 0 Å². The molecule has 0 aliphatic heterocycles. The van der Waals surface area contributed by atoms with Crippen molar-refractivity contribution >= 4 is 15.9 Å². The minimum Gasteiger partial charge on any atom is -0.265 e. The molecule has 106 valence electrons. The van der Waals surface area contributed by atoms with Crippen LogP contribution in [0.25, 0.3) is 11.1 Å². The second kappa shape index (κ2) is 5.77. The minimum absolute atomic E-state index is 0.0460. The van der Waals surface area contributed by atoms with Gasteiger partial charge in [-0.15, -0.1) is 0 Å². The van der Waals surface area contributed by atoms with Crippen molar-refractivity contribution < 1.29 is 4.39 Å². The molecule has 2 aromatic heterocycles. The molecule has 3 nitrogen and oxygen atoms in total. The van der Waals surface area contributed by atoms with Crippen molar-refractivity contribution in [3.63, 3.8) is 0 Å². The SMILES string of the molecule is CC(c1ccc(F)cc1)n1cc(-c2ccnc(Br)c2)cn1. The van der Waals surface area contributed by atoms with Gasteiger partial charge < -0.3 is 0 Å². The van der Waals surface area contributed by atoms with E-state index in [9.17, 15) is 4.39 Å². The van der Waals surface area contributed by atoms with E-state index < -0.39 is 0 Å². The Labute approximate surface area is 130 Å². The third-order valence-electron chi connectivity index (χ3n) is 3.41. The zero-order chi connectivity index (χ0) is 14.8. The van der Waals surface area contributed by atoms with E-state index in [0.717, 1.165) is 21.3 Å². The van der Waals surface area contributed by atoms with E-state index in [4.69, 9.17) is 0 Å². The molecular formula is C16H13BrFN3. The first-order valence-corrected chi connectivity index (χ1v) is 7.34. The molecule has 21 heavy (non-hydrogen) atoms. The van der Waals surface area contributed by atoms with Gasteiger partial charge in [0.15, 0.2) is 0 Å². The maximum Gasteiger partial charge on any atom is 0.123 e. The fraction of sp³-hybridized carbons (Fsp3) is 0.125. The Morgan fingerprint density at radius 2 is 1.90 bits per heavy atom. The fourth-order valence-corrected chi connectivity index (χ4v) is 2.54. The van der Waals surface area contributed by atoms with Crippen LogP contribution in [0.2, 0.25) is 0 Å². The van der Waals surface area contributed by atoms with Gasteiger partial charge in [-0.2, -0.15) is 5.10 Å². The number of hydrogen-bond acceptors (Lipinski definition) is 2. The largest absolute Gasteiger partial charge is 0.265 e. The van der Waals surface area contributed by atoms with Crippen LogP contribution in [0.4, 0.5) is 4.39 Å². The Morgan fingerprint density at radius 3 is 2.62 bits per heavy atom. The van der Waals surface area contributed by atoms with E-state index in [2.05, 4.69) is 26.0 Å². The molecule has 1 atom stereocenters. The van der Waals surface area contributed by atoms with Gasteiger partial charge in [0.25, 0.3) is 0 Å². The number of halogens is 2. The molecule has 1 aromatic carbocycles. The predicted octanol–water partition coefficient (Wildman–Crippen LogP) is 4.46. The molecule has 1 unspecified atom stereocenters. The lowest BCUT2D eigenvalue weighted by Crippen LogP contribution is -2.06. The number of hydrogen-bond donors (Lipinski definition) is 0. The van der Waals surface area contributed by atoms with E-state index in [1.165, 1.54) is 12.1 Å². The van der Waals surface area contributed by atoms with Gasteiger partial charge in [0.1, 0.15) is 10.4 Å². The van der Waals surface area contributed by atoms with Gasteiger partial charge in [-0.25, -0.2) is 9.37 Å². The molecule has 0 saturated heterocycles. The number of pyridine rings is 1. The number of rotatable bonds is 3. The van der Waals surface area contributed by atoms with Crippen LogP contribution in [0, 0.1) is 5.82 Å².